The van der Waals surface area contributed by atoms with E-state index in [1.54, 1.807) is 12.7 Å². The molecule has 0 amide bonds. The Balaban J connectivity index is 1.95. The summed E-state index contributed by atoms with van der Waals surface area (Å²) < 4.78 is 5.39. The molecule has 20 heavy (non-hydrogen) atoms. The molecule has 1 aromatic rings. The van der Waals surface area contributed by atoms with E-state index in [0.717, 1.165) is 24.1 Å². The second-order valence-corrected chi connectivity index (χ2v) is 6.56. The molecule has 0 saturated heterocycles. The summed E-state index contributed by atoms with van der Waals surface area (Å²) in [6, 6.07) is 8.57. The van der Waals surface area contributed by atoms with Gasteiger partial charge in [-0.15, -0.1) is 0 Å². The van der Waals surface area contributed by atoms with Gasteiger partial charge in [0.25, 0.3) is 0 Å². The highest BCUT2D eigenvalue weighted by molar-refractivity contribution is 5.70. The SMILES string of the molecule is COc1cccc(C2=C[C@@H]3CC[C@@H](C3)C2CN(C)C)c1. The molecular formula is C18H25NO. The van der Waals surface area contributed by atoms with E-state index < -0.39 is 0 Å². The number of benzene rings is 1. The lowest BCUT2D eigenvalue weighted by molar-refractivity contribution is 0.289. The van der Waals surface area contributed by atoms with Gasteiger partial charge >= 0.3 is 0 Å². The molecule has 108 valence electrons. The summed E-state index contributed by atoms with van der Waals surface area (Å²) in [5.41, 5.74) is 2.91. The minimum atomic E-state index is 0.677. The Hall–Kier alpha value is -1.28. The van der Waals surface area contributed by atoms with Gasteiger partial charge in [-0.3, -0.25) is 0 Å². The third-order valence-corrected chi connectivity index (χ3v) is 4.86. The van der Waals surface area contributed by atoms with Crippen LogP contribution in [0.4, 0.5) is 0 Å². The molecule has 1 saturated carbocycles. The van der Waals surface area contributed by atoms with Gasteiger partial charge in [-0.2, -0.15) is 0 Å². The van der Waals surface area contributed by atoms with Crippen molar-refractivity contribution in [1.82, 2.24) is 4.90 Å². The molecule has 0 aliphatic heterocycles. The number of hydrogen-bond acceptors (Lipinski definition) is 2. The molecule has 2 heteroatoms. The average molecular weight is 271 g/mol. The molecule has 2 nitrogen and oxygen atoms in total. The smallest absolute Gasteiger partial charge is 0.119 e. The van der Waals surface area contributed by atoms with Crippen molar-refractivity contribution in [3.8, 4) is 5.75 Å². The number of hydrogen-bond donors (Lipinski definition) is 0. The van der Waals surface area contributed by atoms with Crippen LogP contribution in [0.15, 0.2) is 30.3 Å². The van der Waals surface area contributed by atoms with E-state index in [2.05, 4.69) is 43.3 Å². The summed E-state index contributed by atoms with van der Waals surface area (Å²) in [6.45, 7) is 1.15. The van der Waals surface area contributed by atoms with Crippen molar-refractivity contribution < 1.29 is 4.74 Å². The van der Waals surface area contributed by atoms with E-state index in [0.29, 0.717) is 5.92 Å². The lowest BCUT2D eigenvalue weighted by atomic mass is 9.76. The molecule has 3 atom stereocenters. The number of ether oxygens (including phenoxy) is 1. The van der Waals surface area contributed by atoms with Crippen LogP contribution in [-0.4, -0.2) is 32.6 Å². The van der Waals surface area contributed by atoms with Gasteiger partial charge in [0.1, 0.15) is 5.75 Å². The van der Waals surface area contributed by atoms with Crippen LogP contribution in [0.2, 0.25) is 0 Å². The fraction of sp³-hybridized carbons (Fsp3) is 0.556. The third-order valence-electron chi connectivity index (χ3n) is 4.86. The first-order chi connectivity index (χ1) is 9.67. The van der Waals surface area contributed by atoms with Crippen LogP contribution in [0.3, 0.4) is 0 Å². The fourth-order valence-corrected chi connectivity index (χ4v) is 3.95. The summed E-state index contributed by atoms with van der Waals surface area (Å²) in [5, 5.41) is 0. The molecule has 3 rings (SSSR count). The zero-order chi connectivity index (χ0) is 14.1. The van der Waals surface area contributed by atoms with Crippen molar-refractivity contribution in [3.05, 3.63) is 35.9 Å². The van der Waals surface area contributed by atoms with Gasteiger partial charge in [-0.05, 0) is 74.4 Å². The van der Waals surface area contributed by atoms with E-state index >= 15 is 0 Å². The van der Waals surface area contributed by atoms with Crippen LogP contribution < -0.4 is 4.74 Å². The molecule has 2 aliphatic rings. The molecule has 0 N–H and O–H groups in total. The predicted molar refractivity (Wildman–Crippen MR) is 83.8 cm³/mol. The largest absolute Gasteiger partial charge is 0.497 e. The summed E-state index contributed by atoms with van der Waals surface area (Å²) in [5.74, 6) is 3.31. The van der Waals surface area contributed by atoms with Crippen LogP contribution in [0.5, 0.6) is 5.75 Å². The lowest BCUT2D eigenvalue weighted by Crippen LogP contribution is -2.29. The van der Waals surface area contributed by atoms with E-state index in [1.165, 1.54) is 24.8 Å². The Morgan fingerprint density at radius 3 is 2.85 bits per heavy atom. The fourth-order valence-electron chi connectivity index (χ4n) is 3.95. The molecule has 0 aromatic heterocycles. The molecule has 1 fully saturated rings. The van der Waals surface area contributed by atoms with Gasteiger partial charge in [0, 0.05) is 6.54 Å². The maximum absolute atomic E-state index is 5.39. The van der Waals surface area contributed by atoms with Gasteiger partial charge in [0.05, 0.1) is 7.11 Å². The molecular weight excluding hydrogens is 246 g/mol. The summed E-state index contributed by atoms with van der Waals surface area (Å²) >= 11 is 0. The number of methoxy groups -OCH3 is 1. The van der Waals surface area contributed by atoms with E-state index in [1.807, 2.05) is 6.07 Å². The first-order valence-corrected chi connectivity index (χ1v) is 7.68. The minimum Gasteiger partial charge on any atom is -0.497 e. The third kappa shape index (κ3) is 2.62. The lowest BCUT2D eigenvalue weighted by Gasteiger charge is -2.32. The number of fused-ring (bicyclic) bond motifs is 2. The van der Waals surface area contributed by atoms with Gasteiger partial charge in [0.15, 0.2) is 0 Å². The zero-order valence-corrected chi connectivity index (χ0v) is 12.8. The van der Waals surface area contributed by atoms with E-state index in [9.17, 15) is 0 Å². The number of allylic oxidation sites excluding steroid dienone is 1. The van der Waals surface area contributed by atoms with Gasteiger partial charge < -0.3 is 9.64 Å². The normalized spacial score (nSPS) is 28.6. The molecule has 1 aromatic carbocycles. The molecule has 0 radical (unpaired) electrons. The Bertz CT molecular complexity index is 506. The van der Waals surface area contributed by atoms with Crippen LogP contribution in [-0.2, 0) is 0 Å². The minimum absolute atomic E-state index is 0.677. The molecule has 0 spiro atoms. The van der Waals surface area contributed by atoms with E-state index in [-0.39, 0.29) is 0 Å². The number of nitrogens with zero attached hydrogens (tertiary/aromatic N) is 1. The Morgan fingerprint density at radius 1 is 1.25 bits per heavy atom. The predicted octanol–water partition coefficient (Wildman–Crippen LogP) is 3.69. The van der Waals surface area contributed by atoms with E-state index in [4.69, 9.17) is 4.74 Å². The van der Waals surface area contributed by atoms with Crippen molar-refractivity contribution in [2.75, 3.05) is 27.7 Å². The first-order valence-electron chi connectivity index (χ1n) is 7.68. The van der Waals surface area contributed by atoms with Gasteiger partial charge in [0.2, 0.25) is 0 Å². The van der Waals surface area contributed by atoms with Crippen LogP contribution in [0.25, 0.3) is 5.57 Å². The van der Waals surface area contributed by atoms with Gasteiger partial charge in [-0.1, -0.05) is 18.2 Å². The van der Waals surface area contributed by atoms with Crippen molar-refractivity contribution in [2.24, 2.45) is 17.8 Å². The molecule has 1 unspecified atom stereocenters. The second kappa shape index (κ2) is 5.61. The molecule has 0 heterocycles. The molecule has 2 bridgehead atoms. The quantitative estimate of drug-likeness (QED) is 0.828. The van der Waals surface area contributed by atoms with Crippen molar-refractivity contribution in [2.45, 2.75) is 19.3 Å². The number of rotatable bonds is 4. The highest BCUT2D eigenvalue weighted by atomic mass is 16.5. The highest BCUT2D eigenvalue weighted by Crippen LogP contribution is 2.48. The zero-order valence-electron chi connectivity index (χ0n) is 12.8. The maximum Gasteiger partial charge on any atom is 0.119 e. The Kier molecular flexibility index (Phi) is 3.84. The standard InChI is InChI=1S/C18H25NO/c1-19(2)12-18-15-8-7-13(9-15)10-17(18)14-5-4-6-16(11-14)20-3/h4-6,10-11,13,15,18H,7-9,12H2,1-3H3/t13-,15+,18?/m1/s1. The topological polar surface area (TPSA) is 12.5 Å². The van der Waals surface area contributed by atoms with Crippen molar-refractivity contribution in [1.29, 1.82) is 0 Å². The summed E-state index contributed by atoms with van der Waals surface area (Å²) in [7, 11) is 6.11. The van der Waals surface area contributed by atoms with Gasteiger partial charge in [-0.25, -0.2) is 0 Å². The van der Waals surface area contributed by atoms with Crippen molar-refractivity contribution >= 4 is 5.57 Å². The van der Waals surface area contributed by atoms with Crippen LogP contribution in [0, 0.1) is 17.8 Å². The Morgan fingerprint density at radius 2 is 2.10 bits per heavy atom. The van der Waals surface area contributed by atoms with Crippen LogP contribution >= 0.6 is 0 Å². The van der Waals surface area contributed by atoms with Crippen molar-refractivity contribution in [3.63, 3.8) is 0 Å². The highest BCUT2D eigenvalue weighted by Gasteiger charge is 2.37. The van der Waals surface area contributed by atoms with Crippen LogP contribution in [0.1, 0.15) is 24.8 Å². The molecule has 2 aliphatic carbocycles. The summed E-state index contributed by atoms with van der Waals surface area (Å²) in [6.07, 6.45) is 6.72. The average Bonchev–Trinajstić information content (AvgIpc) is 2.84. The maximum atomic E-state index is 5.39. The first kappa shape index (κ1) is 13.7. The monoisotopic (exact) mass is 271 g/mol. The summed E-state index contributed by atoms with van der Waals surface area (Å²) in [4.78, 5) is 2.33. The Labute approximate surface area is 122 Å². The second-order valence-electron chi connectivity index (χ2n) is 6.56.